The van der Waals surface area contributed by atoms with Crippen molar-refractivity contribution >= 4 is 17.9 Å². The Kier molecular flexibility index (Phi) is 6.72. The predicted molar refractivity (Wildman–Crippen MR) is 71.4 cm³/mol. The topological polar surface area (TPSA) is 123 Å². The molecule has 0 amide bonds. The van der Waals surface area contributed by atoms with E-state index in [1.54, 1.807) is 0 Å². The molecule has 0 aromatic heterocycles. The molecule has 1 aliphatic heterocycles. The Bertz CT molecular complexity index is 424. The summed E-state index contributed by atoms with van der Waals surface area (Å²) in [7, 11) is 1.35. The van der Waals surface area contributed by atoms with E-state index in [0.29, 0.717) is 0 Å². The van der Waals surface area contributed by atoms with Gasteiger partial charge in [0, 0.05) is 27.9 Å². The van der Waals surface area contributed by atoms with Crippen LogP contribution in [-0.2, 0) is 38.1 Å². The Balaban J connectivity index is 2.94. The molecular formula is C13H21NO8. The highest BCUT2D eigenvalue weighted by molar-refractivity contribution is 5.67. The fraction of sp³-hybridized carbons (Fsp3) is 0.769. The van der Waals surface area contributed by atoms with E-state index in [1.807, 2.05) is 0 Å². The second-order valence-electron chi connectivity index (χ2n) is 4.81. The van der Waals surface area contributed by atoms with Gasteiger partial charge in [-0.25, -0.2) is 0 Å². The SMILES string of the molecule is CO[C@@H]1O[C@H](COC(C)=O)[C@@H](OC(C)=O)[C@H](N)[C@H]1OC(C)=O. The van der Waals surface area contributed by atoms with Crippen LogP contribution in [0.3, 0.4) is 0 Å². The van der Waals surface area contributed by atoms with Gasteiger partial charge in [-0.3, -0.25) is 14.4 Å². The average Bonchev–Trinajstić information content (AvgIpc) is 2.41. The third-order valence-corrected chi connectivity index (χ3v) is 2.99. The van der Waals surface area contributed by atoms with Gasteiger partial charge in [-0.2, -0.15) is 0 Å². The van der Waals surface area contributed by atoms with Crippen molar-refractivity contribution in [2.75, 3.05) is 13.7 Å². The number of carbonyl (C=O) groups is 3. The minimum atomic E-state index is -0.966. The van der Waals surface area contributed by atoms with E-state index in [2.05, 4.69) is 0 Å². The number of methoxy groups -OCH3 is 1. The van der Waals surface area contributed by atoms with Gasteiger partial charge < -0.3 is 29.4 Å². The van der Waals surface area contributed by atoms with Gasteiger partial charge in [0.1, 0.15) is 12.7 Å². The number of rotatable bonds is 5. The summed E-state index contributed by atoms with van der Waals surface area (Å²) >= 11 is 0. The first-order valence-corrected chi connectivity index (χ1v) is 6.68. The fourth-order valence-electron chi connectivity index (χ4n) is 2.14. The third-order valence-electron chi connectivity index (χ3n) is 2.99. The highest BCUT2D eigenvalue weighted by Gasteiger charge is 2.48. The van der Waals surface area contributed by atoms with Crippen molar-refractivity contribution in [3.05, 3.63) is 0 Å². The van der Waals surface area contributed by atoms with Gasteiger partial charge in [-0.05, 0) is 0 Å². The summed E-state index contributed by atoms with van der Waals surface area (Å²) < 4.78 is 25.7. The maximum Gasteiger partial charge on any atom is 0.303 e. The molecular weight excluding hydrogens is 298 g/mol. The first-order valence-electron chi connectivity index (χ1n) is 6.68. The zero-order valence-electron chi connectivity index (χ0n) is 12.9. The van der Waals surface area contributed by atoms with E-state index in [1.165, 1.54) is 27.9 Å². The lowest BCUT2D eigenvalue weighted by atomic mass is 9.96. The molecule has 0 aromatic carbocycles. The molecule has 1 saturated heterocycles. The van der Waals surface area contributed by atoms with E-state index in [-0.39, 0.29) is 6.61 Å². The summed E-state index contributed by atoms with van der Waals surface area (Å²) in [5.41, 5.74) is 6.03. The molecule has 0 aliphatic carbocycles. The van der Waals surface area contributed by atoms with Crippen LogP contribution >= 0.6 is 0 Å². The molecule has 0 radical (unpaired) electrons. The smallest absolute Gasteiger partial charge is 0.303 e. The highest BCUT2D eigenvalue weighted by Crippen LogP contribution is 2.25. The second-order valence-corrected chi connectivity index (χ2v) is 4.81. The summed E-state index contributed by atoms with van der Waals surface area (Å²) in [5.74, 6) is -1.68. The molecule has 5 atom stereocenters. The molecule has 0 spiro atoms. The number of nitrogens with two attached hydrogens (primary N) is 1. The molecule has 1 fully saturated rings. The molecule has 0 bridgehead atoms. The van der Waals surface area contributed by atoms with Gasteiger partial charge in [0.15, 0.2) is 18.5 Å². The largest absolute Gasteiger partial charge is 0.463 e. The molecule has 1 heterocycles. The van der Waals surface area contributed by atoms with Crippen molar-refractivity contribution in [2.45, 2.75) is 51.4 Å². The second kappa shape index (κ2) is 8.06. The zero-order chi connectivity index (χ0) is 16.9. The van der Waals surface area contributed by atoms with Crippen LogP contribution in [0.1, 0.15) is 20.8 Å². The lowest BCUT2D eigenvalue weighted by Gasteiger charge is -2.43. The standard InChI is InChI=1S/C13H21NO8/c1-6(15)19-5-9-11(20-7(2)16)10(14)12(21-8(3)17)13(18-4)22-9/h9-13H,5,14H2,1-4H3/t9-,10+,11-,12-,13-/m1/s1. The number of hydrogen-bond acceptors (Lipinski definition) is 9. The lowest BCUT2D eigenvalue weighted by Crippen LogP contribution is -2.64. The maximum atomic E-state index is 11.2. The van der Waals surface area contributed by atoms with E-state index in [9.17, 15) is 14.4 Å². The minimum absolute atomic E-state index is 0.173. The molecule has 2 N–H and O–H groups in total. The highest BCUT2D eigenvalue weighted by atomic mass is 16.7. The Morgan fingerprint density at radius 1 is 1.00 bits per heavy atom. The van der Waals surface area contributed by atoms with Crippen LogP contribution in [-0.4, -0.2) is 62.3 Å². The third kappa shape index (κ3) is 4.93. The Labute approximate surface area is 128 Å². The molecule has 9 nitrogen and oxygen atoms in total. The van der Waals surface area contributed by atoms with Crippen LogP contribution in [0.2, 0.25) is 0 Å². The Morgan fingerprint density at radius 2 is 1.55 bits per heavy atom. The van der Waals surface area contributed by atoms with Crippen molar-refractivity contribution in [3.63, 3.8) is 0 Å². The fourth-order valence-corrected chi connectivity index (χ4v) is 2.14. The number of carbonyl (C=O) groups excluding carboxylic acids is 3. The average molecular weight is 319 g/mol. The summed E-state index contributed by atoms with van der Waals surface area (Å²) in [6.45, 7) is 3.48. The van der Waals surface area contributed by atoms with Crippen LogP contribution in [0.4, 0.5) is 0 Å². The molecule has 1 aliphatic rings. The Morgan fingerprint density at radius 3 is 2.00 bits per heavy atom. The van der Waals surface area contributed by atoms with Crippen LogP contribution in [0.25, 0.3) is 0 Å². The summed E-state index contributed by atoms with van der Waals surface area (Å²) in [5, 5.41) is 0. The molecule has 0 saturated carbocycles. The monoisotopic (exact) mass is 319 g/mol. The predicted octanol–water partition coefficient (Wildman–Crippen LogP) is -0.888. The number of esters is 3. The van der Waals surface area contributed by atoms with Crippen LogP contribution in [0, 0.1) is 0 Å². The van der Waals surface area contributed by atoms with Crippen LogP contribution < -0.4 is 5.73 Å². The van der Waals surface area contributed by atoms with Gasteiger partial charge in [-0.1, -0.05) is 0 Å². The molecule has 9 heteroatoms. The first-order chi connectivity index (χ1) is 10.3. The van der Waals surface area contributed by atoms with Gasteiger partial charge in [0.2, 0.25) is 0 Å². The van der Waals surface area contributed by atoms with Gasteiger partial charge >= 0.3 is 17.9 Å². The minimum Gasteiger partial charge on any atom is -0.463 e. The normalized spacial score (nSPS) is 31.2. The molecule has 1 rings (SSSR count). The summed E-state index contributed by atoms with van der Waals surface area (Å²) in [6, 6.07) is -0.896. The molecule has 22 heavy (non-hydrogen) atoms. The van der Waals surface area contributed by atoms with Crippen molar-refractivity contribution in [1.82, 2.24) is 0 Å². The van der Waals surface area contributed by atoms with Crippen molar-refractivity contribution in [3.8, 4) is 0 Å². The van der Waals surface area contributed by atoms with Crippen molar-refractivity contribution in [2.24, 2.45) is 5.73 Å². The lowest BCUT2D eigenvalue weighted by molar-refractivity contribution is -0.276. The van der Waals surface area contributed by atoms with Crippen molar-refractivity contribution in [1.29, 1.82) is 0 Å². The first kappa shape index (κ1) is 18.3. The van der Waals surface area contributed by atoms with E-state index >= 15 is 0 Å². The van der Waals surface area contributed by atoms with Gasteiger partial charge in [0.25, 0.3) is 0 Å². The van der Waals surface area contributed by atoms with E-state index < -0.39 is 48.6 Å². The molecule has 0 unspecified atom stereocenters. The van der Waals surface area contributed by atoms with Gasteiger partial charge in [0.05, 0.1) is 6.04 Å². The van der Waals surface area contributed by atoms with E-state index in [4.69, 9.17) is 29.4 Å². The zero-order valence-corrected chi connectivity index (χ0v) is 12.9. The van der Waals surface area contributed by atoms with Gasteiger partial charge in [-0.15, -0.1) is 0 Å². The van der Waals surface area contributed by atoms with Crippen LogP contribution in [0.15, 0.2) is 0 Å². The number of hydrogen-bond donors (Lipinski definition) is 1. The summed E-state index contributed by atoms with van der Waals surface area (Å²) in [6.07, 6.45) is -3.71. The maximum absolute atomic E-state index is 11.2. The van der Waals surface area contributed by atoms with Crippen LogP contribution in [0.5, 0.6) is 0 Å². The molecule has 0 aromatic rings. The van der Waals surface area contributed by atoms with Crippen molar-refractivity contribution < 1.29 is 38.1 Å². The van der Waals surface area contributed by atoms with E-state index in [0.717, 1.165) is 0 Å². The molecule has 126 valence electrons. The Hall–Kier alpha value is -1.71. The quantitative estimate of drug-likeness (QED) is 0.507. The number of ether oxygens (including phenoxy) is 5. The summed E-state index contributed by atoms with van der Waals surface area (Å²) in [4.78, 5) is 33.4.